The highest BCUT2D eigenvalue weighted by Gasteiger charge is 2.12. The van der Waals surface area contributed by atoms with Gasteiger partial charge in [0.05, 0.1) is 4.90 Å². The average Bonchev–Trinajstić information content (AvgIpc) is 2.00. The maximum absolute atomic E-state index is 10.8. The molecule has 0 amide bonds. The predicted molar refractivity (Wildman–Crippen MR) is 64.0 cm³/mol. The predicted octanol–water partition coefficient (Wildman–Crippen LogP) is 2.04. The van der Waals surface area contributed by atoms with Gasteiger partial charge in [-0.1, -0.05) is 41.5 Å². The van der Waals surface area contributed by atoms with Crippen LogP contribution in [0, 0.1) is 0 Å². The zero-order valence-corrected chi connectivity index (χ0v) is 10.8. The lowest BCUT2D eigenvalue weighted by atomic mass is 10.3. The molecule has 0 saturated carbocycles. The van der Waals surface area contributed by atoms with E-state index in [0.717, 1.165) is 5.30 Å². The minimum Gasteiger partial charge on any atom is -0.282 e. The smallest absolute Gasteiger partial charge is 0.282 e. The van der Waals surface area contributed by atoms with Gasteiger partial charge in [0, 0.05) is 0 Å². The van der Waals surface area contributed by atoms with Gasteiger partial charge in [-0.05, 0) is 22.6 Å². The molecular weight excluding hydrogens is 231 g/mol. The standard InChI is InChI=1S/C10H15O3PS/c1-10(2,3)14-8-4-6-9(7-5-8)15(11,12)13/h4-7,14H,1-3H3,(H,11,12,13). The number of rotatable bonds is 2. The van der Waals surface area contributed by atoms with Crippen LogP contribution in [0.5, 0.6) is 0 Å². The highest BCUT2D eigenvalue weighted by molar-refractivity contribution is 7.85. The lowest BCUT2D eigenvalue weighted by Crippen LogP contribution is -2.11. The third-order valence-electron chi connectivity index (χ3n) is 1.67. The van der Waals surface area contributed by atoms with Gasteiger partial charge in [0.1, 0.15) is 0 Å². The minimum absolute atomic E-state index is 0.0510. The third kappa shape index (κ3) is 4.29. The van der Waals surface area contributed by atoms with Crippen LogP contribution in [0.3, 0.4) is 0 Å². The van der Waals surface area contributed by atoms with Crippen molar-refractivity contribution in [2.24, 2.45) is 0 Å². The van der Waals surface area contributed by atoms with Crippen molar-refractivity contribution in [2.75, 3.05) is 0 Å². The molecule has 0 radical (unpaired) electrons. The molecule has 84 valence electrons. The van der Waals surface area contributed by atoms with Gasteiger partial charge in [0.2, 0.25) is 0 Å². The molecule has 15 heavy (non-hydrogen) atoms. The van der Waals surface area contributed by atoms with E-state index >= 15 is 0 Å². The Kier molecular flexibility index (Phi) is 3.54. The summed E-state index contributed by atoms with van der Waals surface area (Å²) in [4.78, 5) is -0.0510. The zero-order chi connectivity index (χ0) is 11.7. The van der Waals surface area contributed by atoms with Gasteiger partial charge in [-0.15, -0.1) is 0 Å². The van der Waals surface area contributed by atoms with Crippen LogP contribution in [-0.2, 0) is 10.1 Å². The van der Waals surface area contributed by atoms with Crippen molar-refractivity contribution in [3.8, 4) is 0 Å². The molecule has 1 aromatic rings. The van der Waals surface area contributed by atoms with Gasteiger partial charge in [-0.25, -0.2) is 0 Å². The maximum atomic E-state index is 10.8. The molecule has 0 aliphatic rings. The zero-order valence-electron chi connectivity index (χ0n) is 8.98. The second-order valence-electron chi connectivity index (χ2n) is 4.37. The number of benzene rings is 1. The van der Waals surface area contributed by atoms with Crippen molar-refractivity contribution in [1.29, 1.82) is 0 Å². The molecule has 1 unspecified atom stereocenters. The first-order valence-corrected chi connectivity index (χ1v) is 6.98. The lowest BCUT2D eigenvalue weighted by Gasteiger charge is -2.18. The fourth-order valence-corrected chi connectivity index (χ4v) is 2.82. The van der Waals surface area contributed by atoms with Crippen LogP contribution in [0.25, 0.3) is 0 Å². The fraction of sp³-hybridized carbons (Fsp3) is 0.400. The van der Waals surface area contributed by atoms with E-state index in [-0.39, 0.29) is 10.1 Å². The van der Waals surface area contributed by atoms with E-state index < -0.39 is 10.1 Å². The molecule has 1 N–H and O–H groups in total. The number of hydrogen-bond acceptors (Lipinski definition) is 2. The highest BCUT2D eigenvalue weighted by Crippen LogP contribution is 2.29. The first kappa shape index (κ1) is 12.6. The van der Waals surface area contributed by atoms with Crippen LogP contribution in [0.2, 0.25) is 0 Å². The summed E-state index contributed by atoms with van der Waals surface area (Å²) in [6.45, 7) is 6.38. The molecule has 0 aliphatic carbocycles. The van der Waals surface area contributed by atoms with Crippen LogP contribution in [-0.4, -0.2) is 18.1 Å². The summed E-state index contributed by atoms with van der Waals surface area (Å²) >= 11 is 0. The lowest BCUT2D eigenvalue weighted by molar-refractivity contribution is 0.483. The molecule has 0 bridgehead atoms. The quantitative estimate of drug-likeness (QED) is 0.641. The minimum atomic E-state index is -4.06. The largest absolute Gasteiger partial charge is 0.294 e. The fourth-order valence-electron chi connectivity index (χ4n) is 1.14. The van der Waals surface area contributed by atoms with E-state index in [1.807, 2.05) is 0 Å². The summed E-state index contributed by atoms with van der Waals surface area (Å²) in [5, 5.41) is 1.29. The van der Waals surface area contributed by atoms with Crippen LogP contribution in [0.1, 0.15) is 20.8 Å². The summed E-state index contributed by atoms with van der Waals surface area (Å²) in [5.41, 5.74) is 0. The molecular formula is C10H15O3PS. The van der Waals surface area contributed by atoms with Crippen LogP contribution in [0.4, 0.5) is 0 Å². The average molecular weight is 246 g/mol. The maximum Gasteiger partial charge on any atom is 0.294 e. The van der Waals surface area contributed by atoms with Crippen molar-refractivity contribution in [1.82, 2.24) is 0 Å². The molecule has 3 nitrogen and oxygen atoms in total. The van der Waals surface area contributed by atoms with Crippen molar-refractivity contribution < 1.29 is 13.0 Å². The van der Waals surface area contributed by atoms with E-state index in [0.29, 0.717) is 8.58 Å². The molecule has 0 fully saturated rings. The molecule has 0 spiro atoms. The summed E-state index contributed by atoms with van der Waals surface area (Å²) in [6, 6.07) is 6.35. The van der Waals surface area contributed by atoms with Gasteiger partial charge in [-0.3, -0.25) is 4.55 Å². The van der Waals surface area contributed by atoms with Gasteiger partial charge in [0.25, 0.3) is 10.1 Å². The summed E-state index contributed by atoms with van der Waals surface area (Å²) in [5.74, 6) is 0. The Bertz CT molecular complexity index is 429. The summed E-state index contributed by atoms with van der Waals surface area (Å²) < 4.78 is 30.4. The Morgan fingerprint density at radius 2 is 1.60 bits per heavy atom. The first-order valence-electron chi connectivity index (χ1n) is 4.54. The molecule has 1 aromatic carbocycles. The molecule has 0 aromatic heterocycles. The molecule has 5 heteroatoms. The van der Waals surface area contributed by atoms with Gasteiger partial charge in [0.15, 0.2) is 0 Å². The van der Waals surface area contributed by atoms with Gasteiger partial charge in [-0.2, -0.15) is 8.42 Å². The Morgan fingerprint density at radius 1 is 1.13 bits per heavy atom. The second-order valence-corrected chi connectivity index (χ2v) is 8.12. The second kappa shape index (κ2) is 4.20. The topological polar surface area (TPSA) is 54.4 Å². The van der Waals surface area contributed by atoms with Crippen molar-refractivity contribution in [3.05, 3.63) is 24.3 Å². The normalized spacial score (nSPS) is 13.6. The van der Waals surface area contributed by atoms with Crippen LogP contribution in [0.15, 0.2) is 29.2 Å². The van der Waals surface area contributed by atoms with E-state index in [4.69, 9.17) is 4.55 Å². The van der Waals surface area contributed by atoms with Crippen molar-refractivity contribution >= 4 is 24.0 Å². The Balaban J connectivity index is 2.92. The SMILES string of the molecule is CC(C)(C)Pc1ccc(S(=O)(=O)O)cc1. The van der Waals surface area contributed by atoms with Crippen molar-refractivity contribution in [3.63, 3.8) is 0 Å². The van der Waals surface area contributed by atoms with E-state index in [1.54, 1.807) is 12.1 Å². The number of hydrogen-bond donors (Lipinski definition) is 1. The van der Waals surface area contributed by atoms with Crippen LogP contribution < -0.4 is 5.30 Å². The van der Waals surface area contributed by atoms with Crippen molar-refractivity contribution in [2.45, 2.75) is 30.8 Å². The van der Waals surface area contributed by atoms with E-state index in [1.165, 1.54) is 12.1 Å². The third-order valence-corrected chi connectivity index (χ3v) is 3.91. The Hall–Kier alpha value is -0.440. The Morgan fingerprint density at radius 3 is 1.93 bits per heavy atom. The highest BCUT2D eigenvalue weighted by atomic mass is 32.2. The summed E-state index contributed by atoms with van der Waals surface area (Å²) in [7, 11) is -3.44. The molecule has 0 aliphatic heterocycles. The monoisotopic (exact) mass is 246 g/mol. The van der Waals surface area contributed by atoms with E-state index in [2.05, 4.69) is 20.8 Å². The molecule has 0 heterocycles. The van der Waals surface area contributed by atoms with Crippen LogP contribution >= 0.6 is 8.58 Å². The van der Waals surface area contributed by atoms with Gasteiger partial charge < -0.3 is 0 Å². The molecule has 0 saturated heterocycles. The Labute approximate surface area is 92.4 Å². The summed E-state index contributed by atoms with van der Waals surface area (Å²) in [6.07, 6.45) is 0. The molecule has 1 atom stereocenters. The van der Waals surface area contributed by atoms with Gasteiger partial charge >= 0.3 is 0 Å². The molecule has 1 rings (SSSR count). The van der Waals surface area contributed by atoms with E-state index in [9.17, 15) is 8.42 Å². The first-order chi connectivity index (χ1) is 6.68.